The van der Waals surface area contributed by atoms with Crippen molar-refractivity contribution in [3.8, 4) is 88.0 Å². The third-order valence-electron chi connectivity index (χ3n) is 23.4. The van der Waals surface area contributed by atoms with Crippen molar-refractivity contribution in [2.45, 2.75) is 230 Å². The number of nitrogens with zero attached hydrogens (tertiary/aromatic N) is 3. The molecule has 133 heavy (non-hydrogen) atoms. The molecule has 3 aromatic heterocycles. The Bertz CT molecular complexity index is 5170. The van der Waals surface area contributed by atoms with Gasteiger partial charge in [0.05, 0.1) is 64.2 Å². The van der Waals surface area contributed by atoms with E-state index in [2.05, 4.69) is 339 Å². The number of aromatic nitrogens is 3. The molecule has 4 unspecified atom stereocenters. The molecule has 12 rings (SSSR count). The minimum atomic E-state index is -0.234. The minimum absolute atomic E-state index is 0.234. The molecule has 712 valence electrons. The molecule has 4 atom stereocenters. The van der Waals surface area contributed by atoms with Gasteiger partial charge in [0, 0.05) is 87.3 Å². The molecule has 10 heteroatoms. The van der Waals surface area contributed by atoms with Crippen LogP contribution in [0.5, 0.6) is 28.7 Å². The summed E-state index contributed by atoms with van der Waals surface area (Å²) in [7, 11) is 8.18. The molecule has 8 nitrogen and oxygen atoms in total. The Morgan fingerprint density at radius 2 is 0.820 bits per heavy atom. The van der Waals surface area contributed by atoms with Gasteiger partial charge in [-0.1, -0.05) is 378 Å². The Labute approximate surface area is 812 Å². The van der Waals surface area contributed by atoms with E-state index in [1.807, 2.05) is 158 Å². The summed E-state index contributed by atoms with van der Waals surface area (Å²) in [4.78, 5) is 12.9. The first kappa shape index (κ1) is 116. The number of hydrogen-bond acceptors (Lipinski definition) is 8. The van der Waals surface area contributed by atoms with Gasteiger partial charge in [-0.3, -0.25) is 15.0 Å². The van der Waals surface area contributed by atoms with Crippen molar-refractivity contribution in [3.63, 3.8) is 0 Å². The van der Waals surface area contributed by atoms with E-state index in [-0.39, 0.29) is 11.2 Å². The summed E-state index contributed by atoms with van der Waals surface area (Å²) in [5, 5.41) is 0.727. The second-order valence-corrected chi connectivity index (χ2v) is 39.2. The van der Waals surface area contributed by atoms with E-state index in [1.54, 1.807) is 34.6 Å². The third kappa shape index (κ3) is 49.9. The summed E-state index contributed by atoms with van der Waals surface area (Å²) in [6, 6.07) is 73.9. The van der Waals surface area contributed by atoms with Crippen LogP contribution in [0.3, 0.4) is 0 Å². The van der Waals surface area contributed by atoms with Crippen LogP contribution in [0.4, 0.5) is 4.39 Å². The van der Waals surface area contributed by atoms with Gasteiger partial charge in [-0.25, -0.2) is 4.39 Å². The Hall–Kier alpha value is -11.3. The number of pyridine rings is 3. The van der Waals surface area contributed by atoms with Crippen molar-refractivity contribution in [3.05, 3.63) is 316 Å². The number of halogens is 2. The zero-order valence-corrected chi connectivity index (χ0v) is 87.5. The largest absolute Gasteiger partial charge is 0.497 e. The Balaban J connectivity index is 0.000000381. The van der Waals surface area contributed by atoms with Crippen LogP contribution in [-0.4, -0.2) is 50.5 Å². The number of rotatable bonds is 20. The summed E-state index contributed by atoms with van der Waals surface area (Å²) < 4.78 is 38.9. The SMILES string of the molecule is CC(C)C#Cc1ccccc1.CC(C)C#Cc1ccccc1Cl.CC(C)C(C)(C)/C=C/c1ccccc1.CC(C)C(C)(C)CCc1ccccc1.CC(C)C(C)(C)CCc1ccccn1.COc1ccc(C#CC(C)C)cc1.COc1ccc(C2CC2C(C)C)nc1.COc1cccc(C#CC(C)C)c1.COc1ccccc1C#CC(C)C.COc1cnc(C2CC2C(C)C)c(F)c1. The molecule has 3 heterocycles. The highest BCUT2D eigenvalue weighted by Gasteiger charge is 2.43. The highest BCUT2D eigenvalue weighted by molar-refractivity contribution is 6.31. The lowest BCUT2D eigenvalue weighted by molar-refractivity contribution is 0.229. The lowest BCUT2D eigenvalue weighted by Crippen LogP contribution is -2.20. The van der Waals surface area contributed by atoms with E-state index in [0.717, 1.165) is 92.4 Å². The first-order valence-corrected chi connectivity index (χ1v) is 48.1. The van der Waals surface area contributed by atoms with Gasteiger partial charge in [0.15, 0.2) is 0 Å². The average molecular weight is 1820 g/mol. The zero-order valence-electron chi connectivity index (χ0n) is 86.7. The molecule has 10 aromatic rings. The first-order chi connectivity index (χ1) is 63.1. The molecule has 0 amide bonds. The number of methoxy groups -OCH3 is 5. The normalized spacial score (nSPS) is 13.6. The number of para-hydroxylation sites is 1. The van der Waals surface area contributed by atoms with Crippen molar-refractivity contribution < 1.29 is 28.1 Å². The molecular weight excluding hydrogens is 1650 g/mol. The predicted molar refractivity (Wildman–Crippen MR) is 567 cm³/mol. The Morgan fingerprint density at radius 3 is 1.28 bits per heavy atom. The van der Waals surface area contributed by atoms with Gasteiger partial charge in [0.2, 0.25) is 0 Å². The average Bonchev–Trinajstić information content (AvgIpc) is 1.58. The van der Waals surface area contributed by atoms with Crippen LogP contribution in [0.15, 0.2) is 249 Å². The van der Waals surface area contributed by atoms with Crippen LogP contribution in [0.2, 0.25) is 5.02 Å². The van der Waals surface area contributed by atoms with E-state index < -0.39 is 0 Å². The quantitative estimate of drug-likeness (QED) is 0.0698. The summed E-state index contributed by atoms with van der Waals surface area (Å²) in [5.74, 6) is 42.6. The second-order valence-electron chi connectivity index (χ2n) is 38.8. The van der Waals surface area contributed by atoms with E-state index in [9.17, 15) is 4.39 Å². The molecule has 0 N–H and O–H groups in total. The second kappa shape index (κ2) is 63.0. The molecule has 2 fully saturated rings. The topological polar surface area (TPSA) is 84.8 Å². The maximum atomic E-state index is 13.6. The van der Waals surface area contributed by atoms with Crippen LogP contribution in [0, 0.1) is 152 Å². The summed E-state index contributed by atoms with van der Waals surface area (Å²) >= 11 is 5.91. The van der Waals surface area contributed by atoms with Crippen molar-refractivity contribution in [1.82, 2.24) is 15.0 Å². The zero-order chi connectivity index (χ0) is 99.1. The van der Waals surface area contributed by atoms with Gasteiger partial charge >= 0.3 is 0 Å². The maximum absolute atomic E-state index is 13.6. The van der Waals surface area contributed by atoms with Gasteiger partial charge in [0.1, 0.15) is 34.6 Å². The highest BCUT2D eigenvalue weighted by Crippen LogP contribution is 2.52. The molecule has 7 aromatic carbocycles. The van der Waals surface area contributed by atoms with Gasteiger partial charge in [-0.2, -0.15) is 0 Å². The predicted octanol–water partition coefficient (Wildman–Crippen LogP) is 32.4. The summed E-state index contributed by atoms with van der Waals surface area (Å²) in [5.41, 5.74) is 11.9. The number of benzene rings is 7. The third-order valence-corrected chi connectivity index (χ3v) is 23.7. The molecular formula is C123H161ClFN3O5. The number of hydrogen-bond donors (Lipinski definition) is 0. The van der Waals surface area contributed by atoms with Crippen molar-refractivity contribution in [1.29, 1.82) is 0 Å². The van der Waals surface area contributed by atoms with Crippen molar-refractivity contribution in [2.75, 3.05) is 35.5 Å². The molecule has 0 bridgehead atoms. The number of ether oxygens (including phenoxy) is 5. The molecule has 0 aliphatic heterocycles. The van der Waals surface area contributed by atoms with Crippen LogP contribution in [0.1, 0.15) is 274 Å². The smallest absolute Gasteiger partial charge is 0.148 e. The molecule has 0 radical (unpaired) electrons. The summed E-state index contributed by atoms with van der Waals surface area (Å²) in [6.07, 6.45) is 16.9. The Kier molecular flexibility index (Phi) is 54.9. The van der Waals surface area contributed by atoms with Crippen molar-refractivity contribution in [2.24, 2.45) is 87.3 Å². The van der Waals surface area contributed by atoms with Gasteiger partial charge in [0.25, 0.3) is 0 Å². The first-order valence-electron chi connectivity index (χ1n) is 47.7. The highest BCUT2D eigenvalue weighted by atomic mass is 35.5. The van der Waals surface area contributed by atoms with E-state index in [1.165, 1.54) is 61.4 Å². The van der Waals surface area contributed by atoms with Crippen LogP contribution >= 0.6 is 11.6 Å². The molecule has 2 aliphatic rings. The van der Waals surface area contributed by atoms with Gasteiger partial charge in [-0.15, -0.1) is 0 Å². The summed E-state index contributed by atoms with van der Waals surface area (Å²) in [6.45, 7) is 57.3. The lowest BCUT2D eigenvalue weighted by Gasteiger charge is -2.29. The van der Waals surface area contributed by atoms with Crippen LogP contribution in [0.25, 0.3) is 6.08 Å². The van der Waals surface area contributed by atoms with E-state index >= 15 is 0 Å². The van der Waals surface area contributed by atoms with Crippen LogP contribution in [-0.2, 0) is 12.8 Å². The number of aryl methyl sites for hydroxylation is 2. The standard InChI is InChI=1S/C14H22.C14H20.C13H21N.C12H16FNO.C12H17NO.3C12H14O.C11H11Cl.C11H12/c2*1-12(2)14(3,4)11-10-13-8-6-5-7-9-13;1-11(2)13(3,4)9-8-12-7-5-6-10-14-12;1-7(2)9-5-10(9)12-11(13)4-8(15-3)6-14-12;1-8(2)10-6-11(10)12-5-4-9(14-3)7-13-12;1-10(2)4-5-11-6-8-12(13-3)9-7-11;1-10(2)7-8-11-5-4-6-12(9-11)13-3;1-10(2)8-9-11-6-4-5-7-12(11)13-3;1-9(2)7-8-10-5-3-4-6-11(10)12;1-10(2)8-9-11-6-4-3-5-7-11/h5-9,12H,10-11H2,1-4H3;5-12H,1-4H3;5-7,10-11H,8-9H2,1-4H3;4,6-7,9-10H,5H2,1-3H3;4-5,7-8,10-11H,6H2,1-3H3;6-10H,1-3H3;4-6,9-10H,1-3H3;4-7,10H,1-3H3;3-6,9H,1-2H3;3-7,10H,1-2H3/b;11-10+;;;;;;;;. The fourth-order valence-electron chi connectivity index (χ4n) is 12.2. The molecule has 2 aliphatic carbocycles. The van der Waals surface area contributed by atoms with Gasteiger partial charge < -0.3 is 23.7 Å². The minimum Gasteiger partial charge on any atom is -0.497 e. The van der Waals surface area contributed by atoms with E-state index in [4.69, 9.17) is 35.3 Å². The van der Waals surface area contributed by atoms with Crippen molar-refractivity contribution >= 4 is 17.7 Å². The van der Waals surface area contributed by atoms with E-state index in [0.29, 0.717) is 81.5 Å². The Morgan fingerprint density at radius 1 is 0.383 bits per heavy atom. The molecule has 0 saturated heterocycles. The molecule has 0 spiro atoms. The van der Waals surface area contributed by atoms with Gasteiger partial charge in [-0.05, 0) is 210 Å². The monoisotopic (exact) mass is 1810 g/mol. The maximum Gasteiger partial charge on any atom is 0.148 e. The lowest BCUT2D eigenvalue weighted by atomic mass is 9.77. The van der Waals surface area contributed by atoms with Crippen LogP contribution < -0.4 is 23.7 Å². The fraction of sp³-hybridized carbons (Fsp3) is 0.439. The fourth-order valence-corrected chi connectivity index (χ4v) is 12.4. The number of allylic oxidation sites excluding steroid dienone is 1. The molecule has 2 saturated carbocycles.